The van der Waals surface area contributed by atoms with Gasteiger partial charge in [-0.25, -0.2) is 0 Å². The number of hydrogen-bond donors (Lipinski definition) is 1. The van der Waals surface area contributed by atoms with Crippen molar-refractivity contribution in [1.82, 2.24) is 0 Å². The van der Waals surface area contributed by atoms with E-state index in [0.717, 1.165) is 25.7 Å². The molecule has 0 spiro atoms. The average Bonchev–Trinajstić information content (AvgIpc) is 2.32. The van der Waals surface area contributed by atoms with Crippen LogP contribution in [0.5, 0.6) is 0 Å². The second-order valence-corrected chi connectivity index (χ2v) is 4.80. The minimum Gasteiger partial charge on any atom is -0.393 e. The van der Waals surface area contributed by atoms with Crippen molar-refractivity contribution in [3.63, 3.8) is 0 Å². The summed E-state index contributed by atoms with van der Waals surface area (Å²) in [6.07, 6.45) is 3.35. The Hall–Kier alpha value is -0.860. The van der Waals surface area contributed by atoms with Gasteiger partial charge in [0, 0.05) is 7.11 Å². The fourth-order valence-electron chi connectivity index (χ4n) is 2.54. The van der Waals surface area contributed by atoms with Gasteiger partial charge in [-0.2, -0.15) is 0 Å². The molecule has 1 aromatic rings. The van der Waals surface area contributed by atoms with Gasteiger partial charge in [-0.15, -0.1) is 0 Å². The van der Waals surface area contributed by atoms with E-state index in [0.29, 0.717) is 0 Å². The maximum atomic E-state index is 9.57. The zero-order valence-corrected chi connectivity index (χ0v) is 10.1. The summed E-state index contributed by atoms with van der Waals surface area (Å²) in [6, 6.07) is 8.55. The van der Waals surface area contributed by atoms with Gasteiger partial charge in [0.15, 0.2) is 0 Å². The fraction of sp³-hybridized carbons (Fsp3) is 0.571. The van der Waals surface area contributed by atoms with Crippen LogP contribution in [0.15, 0.2) is 24.3 Å². The molecular formula is C14H20O2. The van der Waals surface area contributed by atoms with Gasteiger partial charge < -0.3 is 9.84 Å². The third kappa shape index (κ3) is 2.13. The van der Waals surface area contributed by atoms with Crippen LogP contribution in [0.2, 0.25) is 0 Å². The summed E-state index contributed by atoms with van der Waals surface area (Å²) < 4.78 is 5.74. The Labute approximate surface area is 97.3 Å². The molecule has 0 bridgehead atoms. The molecule has 2 rings (SSSR count). The van der Waals surface area contributed by atoms with E-state index in [-0.39, 0.29) is 11.7 Å². The van der Waals surface area contributed by atoms with Gasteiger partial charge >= 0.3 is 0 Å². The van der Waals surface area contributed by atoms with Crippen LogP contribution in [-0.2, 0) is 10.3 Å². The molecule has 0 heterocycles. The molecule has 0 aromatic heterocycles. The van der Waals surface area contributed by atoms with Crippen LogP contribution in [0, 0.1) is 6.92 Å². The third-order valence-corrected chi connectivity index (χ3v) is 3.73. The number of methoxy groups -OCH3 is 1. The Morgan fingerprint density at radius 1 is 1.19 bits per heavy atom. The minimum atomic E-state index is -0.174. The molecular weight excluding hydrogens is 200 g/mol. The molecule has 2 nitrogen and oxygen atoms in total. The van der Waals surface area contributed by atoms with Crippen molar-refractivity contribution < 1.29 is 9.84 Å². The molecule has 0 radical (unpaired) electrons. The van der Waals surface area contributed by atoms with Crippen LogP contribution in [0.25, 0.3) is 0 Å². The van der Waals surface area contributed by atoms with Crippen molar-refractivity contribution in [2.75, 3.05) is 7.11 Å². The Morgan fingerprint density at radius 2 is 1.75 bits per heavy atom. The van der Waals surface area contributed by atoms with Crippen molar-refractivity contribution in [1.29, 1.82) is 0 Å². The molecule has 0 saturated heterocycles. The normalized spacial score (nSPS) is 30.3. The van der Waals surface area contributed by atoms with Gasteiger partial charge in [0.2, 0.25) is 0 Å². The largest absolute Gasteiger partial charge is 0.393 e. The molecule has 2 heteroatoms. The lowest BCUT2D eigenvalue weighted by molar-refractivity contribution is -0.0689. The quantitative estimate of drug-likeness (QED) is 0.830. The van der Waals surface area contributed by atoms with Crippen molar-refractivity contribution >= 4 is 0 Å². The van der Waals surface area contributed by atoms with Crippen molar-refractivity contribution in [2.24, 2.45) is 0 Å². The highest BCUT2D eigenvalue weighted by Crippen LogP contribution is 2.40. The van der Waals surface area contributed by atoms with E-state index >= 15 is 0 Å². The first-order valence-corrected chi connectivity index (χ1v) is 5.97. The lowest BCUT2D eigenvalue weighted by atomic mass is 9.78. The van der Waals surface area contributed by atoms with E-state index in [1.807, 2.05) is 0 Å². The molecule has 16 heavy (non-hydrogen) atoms. The summed E-state index contributed by atoms with van der Waals surface area (Å²) in [5.74, 6) is 0. The SMILES string of the molecule is CO[C@]1(c2ccc(C)cc2)CC[C@@H](O)CC1. The Kier molecular flexibility index (Phi) is 3.31. The topological polar surface area (TPSA) is 29.5 Å². The zero-order chi connectivity index (χ0) is 11.6. The van der Waals surface area contributed by atoms with E-state index in [1.165, 1.54) is 11.1 Å². The minimum absolute atomic E-state index is 0.145. The van der Waals surface area contributed by atoms with E-state index in [4.69, 9.17) is 4.74 Å². The molecule has 0 unspecified atom stereocenters. The first kappa shape index (κ1) is 11.6. The number of aliphatic hydroxyl groups excluding tert-OH is 1. The first-order valence-electron chi connectivity index (χ1n) is 5.97. The maximum absolute atomic E-state index is 9.57. The zero-order valence-electron chi connectivity index (χ0n) is 10.1. The highest BCUT2D eigenvalue weighted by Gasteiger charge is 2.36. The van der Waals surface area contributed by atoms with Crippen LogP contribution in [-0.4, -0.2) is 18.3 Å². The number of ether oxygens (including phenoxy) is 1. The molecule has 0 amide bonds. The molecule has 88 valence electrons. The number of hydrogen-bond acceptors (Lipinski definition) is 2. The molecule has 1 aromatic carbocycles. The predicted octanol–water partition coefficient (Wildman–Crippen LogP) is 2.77. The van der Waals surface area contributed by atoms with E-state index in [2.05, 4.69) is 31.2 Å². The van der Waals surface area contributed by atoms with Gasteiger partial charge in [0.25, 0.3) is 0 Å². The summed E-state index contributed by atoms with van der Waals surface area (Å²) in [6.45, 7) is 2.09. The molecule has 0 aliphatic heterocycles. The lowest BCUT2D eigenvalue weighted by Crippen LogP contribution is -2.35. The third-order valence-electron chi connectivity index (χ3n) is 3.73. The number of aliphatic hydroxyl groups is 1. The molecule has 1 aliphatic rings. The number of rotatable bonds is 2. The van der Waals surface area contributed by atoms with Crippen LogP contribution >= 0.6 is 0 Å². The standard InChI is InChI=1S/C14H20O2/c1-11-3-5-12(6-4-11)14(16-2)9-7-13(15)8-10-14/h3-6,13,15H,7-10H2,1-2H3/t13-,14-. The van der Waals surface area contributed by atoms with Crippen molar-refractivity contribution in [3.8, 4) is 0 Å². The number of benzene rings is 1. The first-order chi connectivity index (χ1) is 7.66. The van der Waals surface area contributed by atoms with Gasteiger partial charge in [-0.1, -0.05) is 29.8 Å². The van der Waals surface area contributed by atoms with Gasteiger partial charge in [0.05, 0.1) is 11.7 Å². The number of aryl methyl sites for hydroxylation is 1. The Balaban J connectivity index is 2.24. The Bertz CT molecular complexity index is 334. The highest BCUT2D eigenvalue weighted by atomic mass is 16.5. The van der Waals surface area contributed by atoms with Crippen LogP contribution in [0.4, 0.5) is 0 Å². The van der Waals surface area contributed by atoms with Crippen molar-refractivity contribution in [2.45, 2.75) is 44.3 Å². The van der Waals surface area contributed by atoms with E-state index < -0.39 is 0 Å². The fourth-order valence-corrected chi connectivity index (χ4v) is 2.54. The average molecular weight is 220 g/mol. The lowest BCUT2D eigenvalue weighted by Gasteiger charge is -2.38. The van der Waals surface area contributed by atoms with E-state index in [1.54, 1.807) is 7.11 Å². The van der Waals surface area contributed by atoms with Crippen LogP contribution in [0.3, 0.4) is 0 Å². The summed E-state index contributed by atoms with van der Waals surface area (Å²) >= 11 is 0. The Morgan fingerprint density at radius 3 is 2.25 bits per heavy atom. The summed E-state index contributed by atoms with van der Waals surface area (Å²) in [4.78, 5) is 0. The van der Waals surface area contributed by atoms with Gasteiger partial charge in [-0.3, -0.25) is 0 Å². The van der Waals surface area contributed by atoms with E-state index in [9.17, 15) is 5.11 Å². The van der Waals surface area contributed by atoms with Crippen LogP contribution < -0.4 is 0 Å². The monoisotopic (exact) mass is 220 g/mol. The van der Waals surface area contributed by atoms with Gasteiger partial charge in [-0.05, 0) is 38.2 Å². The molecule has 1 aliphatic carbocycles. The smallest absolute Gasteiger partial charge is 0.0929 e. The maximum Gasteiger partial charge on any atom is 0.0929 e. The molecule has 1 fully saturated rings. The summed E-state index contributed by atoms with van der Waals surface area (Å²) in [7, 11) is 1.78. The van der Waals surface area contributed by atoms with Crippen LogP contribution in [0.1, 0.15) is 36.8 Å². The second kappa shape index (κ2) is 4.56. The van der Waals surface area contributed by atoms with Crippen molar-refractivity contribution in [3.05, 3.63) is 35.4 Å². The van der Waals surface area contributed by atoms with Gasteiger partial charge in [0.1, 0.15) is 0 Å². The molecule has 0 atom stereocenters. The highest BCUT2D eigenvalue weighted by molar-refractivity contribution is 5.27. The predicted molar refractivity (Wildman–Crippen MR) is 64.3 cm³/mol. The molecule has 1 saturated carbocycles. The second-order valence-electron chi connectivity index (χ2n) is 4.80. The molecule has 1 N–H and O–H groups in total. The summed E-state index contributed by atoms with van der Waals surface area (Å²) in [5, 5.41) is 9.57. The summed E-state index contributed by atoms with van der Waals surface area (Å²) in [5.41, 5.74) is 2.34.